The number of hydrogen-bond acceptors (Lipinski definition) is 4. The molecule has 0 aliphatic carbocycles. The van der Waals surface area contributed by atoms with Gasteiger partial charge in [0.1, 0.15) is 0 Å². The highest BCUT2D eigenvalue weighted by atomic mass is 16.6. The van der Waals surface area contributed by atoms with Crippen molar-refractivity contribution in [3.05, 3.63) is 30.3 Å². The number of esters is 1. The van der Waals surface area contributed by atoms with Gasteiger partial charge in [0.2, 0.25) is 0 Å². The Morgan fingerprint density at radius 1 is 1.21 bits per heavy atom. The molecule has 0 saturated carbocycles. The fraction of sp³-hybridized carbons (Fsp3) is 0.429. The van der Waals surface area contributed by atoms with E-state index in [0.29, 0.717) is 5.69 Å². The average Bonchev–Trinajstić information content (AvgIpc) is 2.39. The van der Waals surface area contributed by atoms with Gasteiger partial charge in [0.25, 0.3) is 0 Å². The number of nitrogens with zero attached hydrogens (tertiary/aromatic N) is 1. The van der Waals surface area contributed by atoms with E-state index in [1.54, 1.807) is 45.0 Å². The molecule has 0 fully saturated rings. The lowest BCUT2D eigenvalue weighted by atomic mass is 10.3. The highest BCUT2D eigenvalue weighted by Gasteiger charge is 2.19. The van der Waals surface area contributed by atoms with E-state index in [9.17, 15) is 9.59 Å². The van der Waals surface area contributed by atoms with Gasteiger partial charge in [-0.3, -0.25) is 4.79 Å². The normalized spacial score (nSPS) is 10.1. The lowest BCUT2D eigenvalue weighted by Gasteiger charge is -2.22. The molecule has 0 heterocycles. The van der Waals surface area contributed by atoms with Gasteiger partial charge in [-0.05, 0) is 26.0 Å². The number of carbonyl (C=O) groups excluding carboxylic acids is 2. The number of ether oxygens (including phenoxy) is 2. The maximum atomic E-state index is 12.0. The minimum atomic E-state index is -0.537. The van der Waals surface area contributed by atoms with Crippen molar-refractivity contribution in [2.45, 2.75) is 33.3 Å². The van der Waals surface area contributed by atoms with Crippen molar-refractivity contribution in [3.63, 3.8) is 0 Å². The summed E-state index contributed by atoms with van der Waals surface area (Å²) in [6.07, 6.45) is -0.507. The number of para-hydroxylation sites is 1. The minimum absolute atomic E-state index is 0.151. The fourth-order valence-corrected chi connectivity index (χ4v) is 1.34. The van der Waals surface area contributed by atoms with Crippen molar-refractivity contribution in [3.8, 4) is 0 Å². The van der Waals surface area contributed by atoms with E-state index in [2.05, 4.69) is 0 Å². The summed E-state index contributed by atoms with van der Waals surface area (Å²) in [5, 5.41) is 0. The van der Waals surface area contributed by atoms with Crippen LogP contribution in [0.15, 0.2) is 30.3 Å². The van der Waals surface area contributed by atoms with Gasteiger partial charge in [0.15, 0.2) is 6.73 Å². The van der Waals surface area contributed by atoms with Crippen LogP contribution in [-0.4, -0.2) is 24.9 Å². The SMILES string of the molecule is CCC(=O)OCN(C(=O)OC(C)C)c1ccccc1. The lowest BCUT2D eigenvalue weighted by Crippen LogP contribution is -2.36. The number of hydrogen-bond donors (Lipinski definition) is 0. The quantitative estimate of drug-likeness (QED) is 0.606. The molecule has 1 aromatic carbocycles. The fourth-order valence-electron chi connectivity index (χ4n) is 1.34. The molecule has 0 spiro atoms. The molecule has 0 aliphatic heterocycles. The van der Waals surface area contributed by atoms with Gasteiger partial charge in [-0.15, -0.1) is 0 Å². The van der Waals surface area contributed by atoms with E-state index in [-0.39, 0.29) is 25.2 Å². The van der Waals surface area contributed by atoms with Crippen molar-refractivity contribution in [2.75, 3.05) is 11.6 Å². The van der Waals surface area contributed by atoms with Crippen molar-refractivity contribution < 1.29 is 19.1 Å². The number of rotatable bonds is 5. The van der Waals surface area contributed by atoms with Crippen LogP contribution in [0.25, 0.3) is 0 Å². The van der Waals surface area contributed by atoms with Crippen molar-refractivity contribution >= 4 is 17.7 Å². The molecule has 5 nitrogen and oxygen atoms in total. The average molecular weight is 265 g/mol. The molecule has 0 bridgehead atoms. The van der Waals surface area contributed by atoms with Crippen LogP contribution >= 0.6 is 0 Å². The van der Waals surface area contributed by atoms with Crippen LogP contribution in [-0.2, 0) is 14.3 Å². The lowest BCUT2D eigenvalue weighted by molar-refractivity contribution is -0.143. The highest BCUT2D eigenvalue weighted by molar-refractivity contribution is 5.87. The summed E-state index contributed by atoms with van der Waals surface area (Å²) < 4.78 is 10.1. The standard InChI is InChI=1S/C14H19NO4/c1-4-13(16)18-10-15(14(17)19-11(2)3)12-8-6-5-7-9-12/h5-9,11H,4,10H2,1-3H3. The van der Waals surface area contributed by atoms with E-state index in [0.717, 1.165) is 0 Å². The molecule has 1 amide bonds. The van der Waals surface area contributed by atoms with Crippen LogP contribution in [0.1, 0.15) is 27.2 Å². The third-order valence-corrected chi connectivity index (χ3v) is 2.27. The summed E-state index contributed by atoms with van der Waals surface area (Å²) in [5.74, 6) is -0.363. The Morgan fingerprint density at radius 2 is 1.84 bits per heavy atom. The summed E-state index contributed by atoms with van der Waals surface area (Å²) in [4.78, 5) is 24.4. The Hall–Kier alpha value is -2.04. The number of amides is 1. The maximum Gasteiger partial charge on any atom is 0.417 e. The molecule has 0 atom stereocenters. The molecule has 1 aromatic rings. The predicted octanol–water partition coefficient (Wildman–Crippen LogP) is 2.95. The largest absolute Gasteiger partial charge is 0.446 e. The summed E-state index contributed by atoms with van der Waals surface area (Å²) in [6.45, 7) is 5.07. The van der Waals surface area contributed by atoms with Crippen LogP contribution in [0.5, 0.6) is 0 Å². The molecule has 0 radical (unpaired) electrons. The molecule has 0 saturated heterocycles. The Kier molecular flexibility index (Phi) is 5.85. The molecule has 104 valence electrons. The van der Waals surface area contributed by atoms with Crippen LogP contribution in [0.3, 0.4) is 0 Å². The first-order chi connectivity index (χ1) is 9.04. The Bertz CT molecular complexity index is 417. The first-order valence-corrected chi connectivity index (χ1v) is 6.23. The summed E-state index contributed by atoms with van der Waals surface area (Å²) in [7, 11) is 0. The summed E-state index contributed by atoms with van der Waals surface area (Å²) in [5.41, 5.74) is 0.622. The molecule has 5 heteroatoms. The number of carbonyl (C=O) groups is 2. The molecule has 0 N–H and O–H groups in total. The molecule has 1 rings (SSSR count). The molecule has 19 heavy (non-hydrogen) atoms. The summed E-state index contributed by atoms with van der Waals surface area (Å²) >= 11 is 0. The first kappa shape index (κ1) is 15.0. The van der Waals surface area contributed by atoms with E-state index in [1.807, 2.05) is 6.07 Å². The van der Waals surface area contributed by atoms with E-state index >= 15 is 0 Å². The highest BCUT2D eigenvalue weighted by Crippen LogP contribution is 2.15. The third kappa shape index (κ3) is 4.99. The second-order valence-electron chi connectivity index (χ2n) is 4.20. The van der Waals surface area contributed by atoms with Crippen molar-refractivity contribution in [1.82, 2.24) is 0 Å². The Balaban J connectivity index is 2.79. The van der Waals surface area contributed by atoms with E-state index in [4.69, 9.17) is 9.47 Å². The van der Waals surface area contributed by atoms with E-state index < -0.39 is 6.09 Å². The van der Waals surface area contributed by atoms with Gasteiger partial charge in [0.05, 0.1) is 11.8 Å². The zero-order valence-electron chi connectivity index (χ0n) is 11.5. The zero-order chi connectivity index (χ0) is 14.3. The first-order valence-electron chi connectivity index (χ1n) is 6.23. The van der Waals surface area contributed by atoms with Gasteiger partial charge in [0, 0.05) is 6.42 Å². The molecule has 0 aromatic heterocycles. The van der Waals surface area contributed by atoms with Gasteiger partial charge < -0.3 is 9.47 Å². The zero-order valence-corrected chi connectivity index (χ0v) is 11.5. The van der Waals surface area contributed by atoms with Crippen LogP contribution in [0.4, 0.5) is 10.5 Å². The number of benzene rings is 1. The van der Waals surface area contributed by atoms with Gasteiger partial charge in [-0.2, -0.15) is 0 Å². The van der Waals surface area contributed by atoms with Crippen molar-refractivity contribution in [2.24, 2.45) is 0 Å². The van der Waals surface area contributed by atoms with Crippen LogP contribution in [0.2, 0.25) is 0 Å². The van der Waals surface area contributed by atoms with Crippen molar-refractivity contribution in [1.29, 1.82) is 0 Å². The molecule has 0 aliphatic rings. The second kappa shape index (κ2) is 7.41. The monoisotopic (exact) mass is 265 g/mol. The molecular formula is C14H19NO4. The maximum absolute atomic E-state index is 12.0. The van der Waals surface area contributed by atoms with Crippen LogP contribution in [0, 0.1) is 0 Å². The Labute approximate surface area is 113 Å². The molecular weight excluding hydrogens is 246 g/mol. The number of anilines is 1. The van der Waals surface area contributed by atoms with Crippen LogP contribution < -0.4 is 4.90 Å². The van der Waals surface area contributed by atoms with Gasteiger partial charge >= 0.3 is 12.1 Å². The van der Waals surface area contributed by atoms with Gasteiger partial charge in [-0.1, -0.05) is 25.1 Å². The predicted molar refractivity (Wildman–Crippen MR) is 71.8 cm³/mol. The summed E-state index contributed by atoms with van der Waals surface area (Å²) in [6, 6.07) is 8.94. The topological polar surface area (TPSA) is 55.8 Å². The Morgan fingerprint density at radius 3 is 2.37 bits per heavy atom. The molecule has 0 unspecified atom stereocenters. The smallest absolute Gasteiger partial charge is 0.417 e. The minimum Gasteiger partial charge on any atom is -0.446 e. The third-order valence-electron chi connectivity index (χ3n) is 2.27. The van der Waals surface area contributed by atoms with E-state index in [1.165, 1.54) is 4.90 Å². The van der Waals surface area contributed by atoms with Gasteiger partial charge in [-0.25, -0.2) is 9.69 Å². The second-order valence-corrected chi connectivity index (χ2v) is 4.20.